The van der Waals surface area contributed by atoms with E-state index in [0.29, 0.717) is 0 Å². The van der Waals surface area contributed by atoms with E-state index in [9.17, 15) is 4.79 Å². The van der Waals surface area contributed by atoms with Crippen LogP contribution in [-0.4, -0.2) is 23.7 Å². The van der Waals surface area contributed by atoms with Crippen molar-refractivity contribution >= 4 is 18.6 Å². The summed E-state index contributed by atoms with van der Waals surface area (Å²) in [7, 11) is 1.63. The zero-order chi connectivity index (χ0) is 4.99. The third kappa shape index (κ3) is 15.7. The molecule has 0 aliphatic rings. The second-order valence-electron chi connectivity index (χ2n) is 0.487. The number of hydrogen-bond donors (Lipinski definition) is 1. The summed E-state index contributed by atoms with van der Waals surface area (Å²) >= 11 is 0.388. The summed E-state index contributed by atoms with van der Waals surface area (Å²) in [6.45, 7) is 0. The standard InChI is InChI=1S/CH2AsO2.Cu.Fe.Ni.Zn/c2-1(3)4;;;;/h2H,(H,3,4);;;;/q-1;+1;;;. The molecule has 0 bridgehead atoms. The Hall–Kier alpha value is 2.18. The predicted octanol–water partition coefficient (Wildman–Crippen LogP) is -0.445. The summed E-state index contributed by atoms with van der Waals surface area (Å²) in [6, 6.07) is 0. The maximum Gasteiger partial charge on any atom is 0 e. The fraction of sp³-hybridized carbons (Fsp3) is 0. The molecule has 1 unspecified atom stereocenters. The van der Waals surface area contributed by atoms with Gasteiger partial charge in [0.2, 0.25) is 0 Å². The fourth-order valence-electron chi connectivity index (χ4n) is 0.0456. The van der Waals surface area contributed by atoms with Crippen LogP contribution in [0.4, 0.5) is 4.79 Å². The van der Waals surface area contributed by atoms with Crippen molar-refractivity contribution in [2.75, 3.05) is 0 Å². The minimum atomic E-state index is -0.663. The first-order valence-electron chi connectivity index (χ1n) is 1.04. The first-order chi connectivity index (χ1) is 2.77. The monoisotopic (exact) mass is 362 g/mol. The van der Waals surface area contributed by atoms with Crippen LogP contribution in [0.1, 0.15) is 0 Å². The Bertz CT molecular complexity index is 66.0. The molecule has 0 amide bonds. The Labute approximate surface area is 87.9 Å². The van der Waals surface area contributed by atoms with Crippen LogP contribution in [0.3, 0.4) is 0 Å². The third-order valence-corrected chi connectivity index (χ3v) is 7.32. The number of carbonyl (C=O) groups is 1. The van der Waals surface area contributed by atoms with Gasteiger partial charge in [0.25, 0.3) is 0 Å². The van der Waals surface area contributed by atoms with Crippen molar-refractivity contribution in [2.45, 2.75) is 0 Å². The molecule has 0 saturated carbocycles. The molecule has 1 atom stereocenters. The number of hydrogen-bond acceptors (Lipinski definition) is 1. The molecule has 7 heteroatoms. The van der Waals surface area contributed by atoms with Gasteiger partial charge in [-0.1, -0.05) is 0 Å². The van der Waals surface area contributed by atoms with Crippen LogP contribution in [0.15, 0.2) is 0 Å². The summed E-state index contributed by atoms with van der Waals surface area (Å²) < 4.78 is -0.596. The van der Waals surface area contributed by atoms with Gasteiger partial charge in [-0.05, 0) is 0 Å². The second kappa shape index (κ2) is 11.9. The Morgan fingerprint density at radius 2 is 2.12 bits per heavy atom. The minimum Gasteiger partial charge on any atom is 0 e. The molecule has 0 aromatic heterocycles. The predicted molar refractivity (Wildman–Crippen MR) is 15.2 cm³/mol. The van der Waals surface area contributed by atoms with E-state index in [-0.39, 0.29) is 33.6 Å². The van der Waals surface area contributed by atoms with Gasteiger partial charge in [0.1, 0.15) is 0 Å². The molecule has 0 aromatic rings. The minimum absolute atomic E-state index is 0. The van der Waals surface area contributed by atoms with E-state index in [1.54, 1.807) is 10.6 Å². The van der Waals surface area contributed by atoms with E-state index >= 15 is 0 Å². The molecular weight excluding hydrogens is 362 g/mol. The molecule has 0 aromatic carbocycles. The zero-order valence-electron chi connectivity index (χ0n) is 3.53. The molecule has 0 heterocycles. The summed E-state index contributed by atoms with van der Waals surface area (Å²) in [5.74, 6) is 0. The summed E-state index contributed by atoms with van der Waals surface area (Å²) in [4.78, 5) is 9.65. The SMILES string of the molecule is O=C(O)[AsH][Cu][Zn].[Fe].[Ni]. The van der Waals surface area contributed by atoms with Crippen molar-refractivity contribution in [3.05, 3.63) is 0 Å². The smallest absolute Gasteiger partial charge is 0 e. The van der Waals surface area contributed by atoms with Crippen LogP contribution in [0.25, 0.3) is 0 Å². The topological polar surface area (TPSA) is 37.3 Å². The van der Waals surface area contributed by atoms with Crippen molar-refractivity contribution in [1.82, 2.24) is 0 Å². The van der Waals surface area contributed by atoms with Crippen molar-refractivity contribution < 1.29 is 70.4 Å². The van der Waals surface area contributed by atoms with E-state index in [1.165, 1.54) is 0 Å². The van der Waals surface area contributed by atoms with Crippen LogP contribution >= 0.6 is 0 Å². The van der Waals surface area contributed by atoms with E-state index in [2.05, 4.69) is 0 Å². The van der Waals surface area contributed by atoms with E-state index in [4.69, 9.17) is 5.11 Å². The average Bonchev–Trinajstić information content (AvgIpc) is 1.35. The first-order valence-corrected chi connectivity index (χ1v) is 9.52. The van der Waals surface area contributed by atoms with Gasteiger partial charge >= 0.3 is 55.5 Å². The Balaban J connectivity index is -0.000000125. The van der Waals surface area contributed by atoms with Crippen molar-refractivity contribution in [1.29, 1.82) is 0 Å². The molecule has 0 aliphatic heterocycles. The maximum atomic E-state index is 9.65. The first kappa shape index (κ1) is 16.6. The van der Waals surface area contributed by atoms with Gasteiger partial charge in [-0.3, -0.25) is 0 Å². The molecule has 0 rings (SSSR count). The van der Waals surface area contributed by atoms with E-state index in [1.807, 2.05) is 0 Å². The van der Waals surface area contributed by atoms with Gasteiger partial charge in [0.15, 0.2) is 0 Å². The summed E-state index contributed by atoms with van der Waals surface area (Å²) in [5, 5.41) is 7.97. The normalized spacial score (nSPS) is 8.25. The Kier molecular flexibility index (Phi) is 24.8. The van der Waals surface area contributed by atoms with Gasteiger partial charge in [-0.15, -0.1) is 0 Å². The van der Waals surface area contributed by atoms with Crippen LogP contribution in [0, 0.1) is 0 Å². The second-order valence-corrected chi connectivity index (χ2v) is 14.7. The molecule has 8 heavy (non-hydrogen) atoms. The quantitative estimate of drug-likeness (QED) is 0.675. The van der Waals surface area contributed by atoms with E-state index < -0.39 is 18.6 Å². The Morgan fingerprint density at radius 3 is 2.12 bits per heavy atom. The number of carboxylic acid groups (broad SMARTS) is 1. The van der Waals surface area contributed by atoms with Gasteiger partial charge in [0, 0.05) is 33.6 Å². The summed E-state index contributed by atoms with van der Waals surface area (Å²) in [5.41, 5.74) is 0. The molecule has 54 valence electrons. The Morgan fingerprint density at radius 1 is 1.75 bits per heavy atom. The van der Waals surface area contributed by atoms with Crippen molar-refractivity contribution in [2.24, 2.45) is 0 Å². The van der Waals surface area contributed by atoms with Crippen LogP contribution in [0.2, 0.25) is 0 Å². The van der Waals surface area contributed by atoms with Gasteiger partial charge in [0.05, 0.1) is 0 Å². The average molecular weight is 364 g/mol. The fourth-order valence-corrected chi connectivity index (χ4v) is 5.08. The molecular formula is CH2AsCuFeNiO2Zn. The van der Waals surface area contributed by atoms with E-state index in [0.717, 1.165) is 16.3 Å². The van der Waals surface area contributed by atoms with Gasteiger partial charge in [-0.2, -0.15) is 0 Å². The molecule has 1 N–H and O–H groups in total. The third-order valence-electron chi connectivity index (χ3n) is 0.118. The largest absolute Gasteiger partial charge is 0 e. The van der Waals surface area contributed by atoms with Crippen molar-refractivity contribution in [3.63, 3.8) is 0 Å². The molecule has 2 nitrogen and oxygen atoms in total. The van der Waals surface area contributed by atoms with Gasteiger partial charge in [-0.25, -0.2) is 0 Å². The van der Waals surface area contributed by atoms with Crippen LogP contribution in [0.5, 0.6) is 0 Å². The number of rotatable bonds is 2. The summed E-state index contributed by atoms with van der Waals surface area (Å²) in [6.07, 6.45) is 0. The van der Waals surface area contributed by atoms with Gasteiger partial charge < -0.3 is 0 Å². The molecule has 0 fully saturated rings. The van der Waals surface area contributed by atoms with Crippen LogP contribution in [-0.2, 0) is 60.5 Å². The molecule has 0 spiro atoms. The molecule has 0 radical (unpaired) electrons. The zero-order valence-corrected chi connectivity index (χ0v) is 11.6. The van der Waals surface area contributed by atoms with Crippen molar-refractivity contribution in [3.8, 4) is 0 Å². The maximum absolute atomic E-state index is 9.65. The molecule has 0 aliphatic carbocycles. The van der Waals surface area contributed by atoms with Crippen LogP contribution < -0.4 is 0 Å². The molecule has 0 saturated heterocycles.